The van der Waals surface area contributed by atoms with Gasteiger partial charge in [0.05, 0.1) is 0 Å². The Morgan fingerprint density at radius 3 is 2.08 bits per heavy atom. The summed E-state index contributed by atoms with van der Waals surface area (Å²) in [6.07, 6.45) is 1.63. The van der Waals surface area contributed by atoms with E-state index in [1.165, 1.54) is 12.1 Å². The van der Waals surface area contributed by atoms with Crippen molar-refractivity contribution in [2.24, 2.45) is 0 Å². The summed E-state index contributed by atoms with van der Waals surface area (Å²) in [5.41, 5.74) is 6.28. The fraction of sp³-hybridized carbons (Fsp3) is 0.172. The second-order valence-electron chi connectivity index (χ2n) is 8.49. The summed E-state index contributed by atoms with van der Waals surface area (Å²) >= 11 is 0. The van der Waals surface area contributed by atoms with Crippen LogP contribution in [0.1, 0.15) is 38.7 Å². The van der Waals surface area contributed by atoms with Gasteiger partial charge in [-0.15, -0.1) is 0 Å². The van der Waals surface area contributed by atoms with Crippen molar-refractivity contribution in [3.05, 3.63) is 106 Å². The van der Waals surface area contributed by atoms with Gasteiger partial charge in [-0.2, -0.15) is 14.0 Å². The highest BCUT2D eigenvalue weighted by atomic mass is 19.3. The number of alkyl halides is 2. The van der Waals surface area contributed by atoms with Crippen LogP contribution in [0.4, 0.5) is 8.78 Å². The average Bonchev–Trinajstić information content (AvgIpc) is 3.31. The van der Waals surface area contributed by atoms with Gasteiger partial charge in [0.2, 0.25) is 5.78 Å². The van der Waals surface area contributed by atoms with E-state index in [4.69, 9.17) is 0 Å². The second-order valence-corrected chi connectivity index (χ2v) is 8.49. The molecule has 0 aliphatic heterocycles. The lowest BCUT2D eigenvalue weighted by atomic mass is 10.0. The first-order valence-corrected chi connectivity index (χ1v) is 11.4. The number of hydrogen-bond acceptors (Lipinski definition) is 3. The number of rotatable bonds is 7. The molecule has 0 aliphatic carbocycles. The molecule has 0 saturated carbocycles. The van der Waals surface area contributed by atoms with Crippen LogP contribution in [0.15, 0.2) is 72.3 Å². The normalized spacial score (nSPS) is 11.6. The van der Waals surface area contributed by atoms with E-state index in [1.807, 2.05) is 61.7 Å². The number of Topliss-reactive ketones (excluding diaryl/α,β-unsaturated/α-hetero) is 1. The van der Waals surface area contributed by atoms with Gasteiger partial charge in [-0.1, -0.05) is 18.2 Å². The average molecular weight is 486 g/mol. The van der Waals surface area contributed by atoms with E-state index in [2.05, 4.69) is 15.4 Å². The predicted molar refractivity (Wildman–Crippen MR) is 135 cm³/mol. The first-order valence-electron chi connectivity index (χ1n) is 11.4. The first kappa shape index (κ1) is 24.7. The number of aromatic nitrogens is 2. The van der Waals surface area contributed by atoms with Gasteiger partial charge in [0, 0.05) is 39.7 Å². The van der Waals surface area contributed by atoms with Crippen LogP contribution >= 0.6 is 0 Å². The number of allylic oxidation sites excluding steroid dienone is 1. The minimum atomic E-state index is -2.90. The van der Waals surface area contributed by atoms with Crippen molar-refractivity contribution >= 4 is 11.9 Å². The van der Waals surface area contributed by atoms with Crippen molar-refractivity contribution < 1.29 is 18.3 Å². The Kier molecular flexibility index (Phi) is 6.89. The minimum Gasteiger partial charge on any atom is -0.435 e. The molecule has 0 atom stereocenters. The molecular formula is C29H25F2N3O2. The lowest BCUT2D eigenvalue weighted by Gasteiger charge is -2.11. The lowest BCUT2D eigenvalue weighted by molar-refractivity contribution is -0.0498. The molecule has 0 amide bonds. The van der Waals surface area contributed by atoms with Gasteiger partial charge in [-0.3, -0.25) is 4.79 Å². The van der Waals surface area contributed by atoms with Gasteiger partial charge in [-0.05, 0) is 87.9 Å². The monoisotopic (exact) mass is 485 g/mol. The van der Waals surface area contributed by atoms with E-state index in [9.17, 15) is 18.8 Å². The van der Waals surface area contributed by atoms with Gasteiger partial charge in [0.25, 0.3) is 0 Å². The number of halogens is 2. The van der Waals surface area contributed by atoms with Crippen molar-refractivity contribution in [3.63, 3.8) is 0 Å². The number of ether oxygens (including phenoxy) is 1. The third kappa shape index (κ3) is 4.71. The molecule has 182 valence electrons. The van der Waals surface area contributed by atoms with Gasteiger partial charge in [-0.25, -0.2) is 0 Å². The van der Waals surface area contributed by atoms with Gasteiger partial charge < -0.3 is 13.9 Å². The van der Waals surface area contributed by atoms with E-state index in [0.717, 1.165) is 28.3 Å². The van der Waals surface area contributed by atoms with E-state index in [-0.39, 0.29) is 17.1 Å². The highest BCUT2D eigenvalue weighted by Gasteiger charge is 2.21. The van der Waals surface area contributed by atoms with Gasteiger partial charge in [0.1, 0.15) is 17.4 Å². The number of benzene rings is 2. The maximum atomic E-state index is 13.4. The maximum absolute atomic E-state index is 13.4. The quantitative estimate of drug-likeness (QED) is 0.163. The Balaban J connectivity index is 1.69. The Morgan fingerprint density at radius 2 is 1.47 bits per heavy atom. The Labute approximate surface area is 208 Å². The summed E-state index contributed by atoms with van der Waals surface area (Å²) in [6.45, 7) is 4.68. The lowest BCUT2D eigenvalue weighted by Crippen LogP contribution is -2.06. The molecule has 0 saturated heterocycles. The summed E-state index contributed by atoms with van der Waals surface area (Å²) in [5.74, 6) is -0.325. The number of carbonyl (C=O) groups excluding carboxylic acids is 1. The van der Waals surface area contributed by atoms with Crippen molar-refractivity contribution in [1.29, 1.82) is 5.26 Å². The highest BCUT2D eigenvalue weighted by molar-refractivity contribution is 6.15. The summed E-state index contributed by atoms with van der Waals surface area (Å²) < 4.78 is 33.3. The van der Waals surface area contributed by atoms with E-state index >= 15 is 0 Å². The molecule has 0 unspecified atom stereocenters. The van der Waals surface area contributed by atoms with E-state index in [0.29, 0.717) is 16.9 Å². The summed E-state index contributed by atoms with van der Waals surface area (Å²) in [7, 11) is 0. The van der Waals surface area contributed by atoms with Crippen LogP contribution in [-0.4, -0.2) is 21.5 Å². The smallest absolute Gasteiger partial charge is 0.387 e. The van der Waals surface area contributed by atoms with Crippen LogP contribution in [0.5, 0.6) is 5.75 Å². The summed E-state index contributed by atoms with van der Waals surface area (Å²) in [6, 6.07) is 21.8. The van der Waals surface area contributed by atoms with Crippen molar-refractivity contribution in [3.8, 4) is 23.2 Å². The molecule has 2 aromatic heterocycles. The Bertz CT molecular complexity index is 1490. The van der Waals surface area contributed by atoms with Crippen molar-refractivity contribution in [2.45, 2.75) is 34.3 Å². The fourth-order valence-corrected chi connectivity index (χ4v) is 4.52. The van der Waals surface area contributed by atoms with Crippen LogP contribution in [0, 0.1) is 39.0 Å². The van der Waals surface area contributed by atoms with Gasteiger partial charge in [0.15, 0.2) is 0 Å². The second kappa shape index (κ2) is 10.0. The molecule has 2 heterocycles. The third-order valence-electron chi connectivity index (χ3n) is 6.15. The van der Waals surface area contributed by atoms with Crippen LogP contribution in [0.2, 0.25) is 0 Å². The molecule has 0 fully saturated rings. The number of ketones is 1. The Hall–Kier alpha value is -4.44. The zero-order valence-electron chi connectivity index (χ0n) is 20.4. The molecule has 0 N–H and O–H groups in total. The fourth-order valence-electron chi connectivity index (χ4n) is 4.52. The molecule has 5 nitrogen and oxygen atoms in total. The molecule has 7 heteroatoms. The van der Waals surface area contributed by atoms with Crippen LogP contribution < -0.4 is 4.74 Å². The van der Waals surface area contributed by atoms with E-state index in [1.54, 1.807) is 31.2 Å². The molecular weight excluding hydrogens is 460 g/mol. The number of hydrogen-bond donors (Lipinski definition) is 0. The largest absolute Gasteiger partial charge is 0.435 e. The molecule has 4 rings (SSSR count). The molecule has 36 heavy (non-hydrogen) atoms. The summed E-state index contributed by atoms with van der Waals surface area (Å²) in [5, 5.41) is 9.86. The molecule has 0 aliphatic rings. The van der Waals surface area contributed by atoms with Crippen LogP contribution in [-0.2, 0) is 0 Å². The van der Waals surface area contributed by atoms with Crippen LogP contribution in [0.3, 0.4) is 0 Å². The SMILES string of the molecule is Cc1cc(/C=C(\C#N)C(=O)c2cc(C)n(-c3ccc(OC(F)F)cc3)c2C)c(C)n1-c1ccccc1. The van der Waals surface area contributed by atoms with Crippen molar-refractivity contribution in [1.82, 2.24) is 9.13 Å². The van der Waals surface area contributed by atoms with Gasteiger partial charge >= 0.3 is 6.61 Å². The number of nitriles is 1. The zero-order chi connectivity index (χ0) is 26.0. The van der Waals surface area contributed by atoms with Crippen LogP contribution in [0.25, 0.3) is 17.5 Å². The highest BCUT2D eigenvalue weighted by Crippen LogP contribution is 2.27. The van der Waals surface area contributed by atoms with Crippen molar-refractivity contribution in [2.75, 3.05) is 0 Å². The minimum absolute atomic E-state index is 0.0317. The number of nitrogens with zero attached hydrogens (tertiary/aromatic N) is 3. The molecule has 0 radical (unpaired) electrons. The standard InChI is InChI=1S/C29H25F2N3O2/c1-18-14-22(20(3)33(18)24-8-6-5-7-9-24)16-23(17-32)28(35)27-15-19(2)34(21(27)4)25-10-12-26(13-11-25)36-29(30)31/h5-16,29H,1-4H3/b23-16+. The molecule has 0 spiro atoms. The predicted octanol–water partition coefficient (Wildman–Crippen LogP) is 6.89. The Morgan fingerprint density at radius 1 is 0.889 bits per heavy atom. The van der Waals surface area contributed by atoms with E-state index < -0.39 is 6.61 Å². The number of carbonyl (C=O) groups is 1. The maximum Gasteiger partial charge on any atom is 0.387 e. The number of para-hydroxylation sites is 1. The molecule has 4 aromatic rings. The molecule has 0 bridgehead atoms. The first-order chi connectivity index (χ1) is 17.2. The number of aryl methyl sites for hydroxylation is 2. The zero-order valence-corrected chi connectivity index (χ0v) is 20.4. The third-order valence-corrected chi connectivity index (χ3v) is 6.15. The molecule has 2 aromatic carbocycles. The topological polar surface area (TPSA) is 59.9 Å². The summed E-state index contributed by atoms with van der Waals surface area (Å²) in [4.78, 5) is 13.4.